The van der Waals surface area contributed by atoms with Gasteiger partial charge in [0.2, 0.25) is 0 Å². The molecule has 2 aliphatic rings. The second-order valence-corrected chi connectivity index (χ2v) is 6.37. The molecule has 0 aromatic heterocycles. The maximum atomic E-state index is 3.56. The molecule has 2 heteroatoms. The van der Waals surface area contributed by atoms with E-state index >= 15 is 0 Å². The molecule has 2 rings (SSSR count). The van der Waals surface area contributed by atoms with Crippen molar-refractivity contribution in [2.45, 2.75) is 46.0 Å². The molecule has 2 heterocycles. The molecule has 16 heavy (non-hydrogen) atoms. The zero-order valence-corrected chi connectivity index (χ0v) is 11.1. The molecule has 0 aliphatic carbocycles. The van der Waals surface area contributed by atoms with Crippen LogP contribution in [0, 0.1) is 11.3 Å². The number of nitrogens with zero attached hydrogens (tertiary/aromatic N) is 1. The van der Waals surface area contributed by atoms with E-state index in [1.807, 2.05) is 0 Å². The maximum absolute atomic E-state index is 3.56. The van der Waals surface area contributed by atoms with E-state index in [1.165, 1.54) is 64.8 Å². The highest BCUT2D eigenvalue weighted by Gasteiger charge is 2.32. The number of nitrogens with one attached hydrogen (secondary N) is 1. The second kappa shape index (κ2) is 5.50. The Hall–Kier alpha value is -0.0800. The Bertz CT molecular complexity index is 201. The minimum atomic E-state index is 0.491. The standard InChI is InChI=1S/C14H28N2/c1-14(2,13-7-6-8-15-11-13)12-16-9-4-3-5-10-16/h13,15H,3-12H2,1-2H3. The van der Waals surface area contributed by atoms with Crippen molar-refractivity contribution in [3.8, 4) is 0 Å². The SMILES string of the molecule is CC(C)(CN1CCCCC1)C1CCCNC1. The summed E-state index contributed by atoms with van der Waals surface area (Å²) in [5.41, 5.74) is 0.491. The van der Waals surface area contributed by atoms with Crippen LogP contribution in [-0.2, 0) is 0 Å². The van der Waals surface area contributed by atoms with Gasteiger partial charge in [0, 0.05) is 6.54 Å². The first-order valence-corrected chi connectivity index (χ1v) is 7.11. The van der Waals surface area contributed by atoms with Gasteiger partial charge in [-0.1, -0.05) is 20.3 Å². The van der Waals surface area contributed by atoms with Crippen molar-refractivity contribution >= 4 is 0 Å². The van der Waals surface area contributed by atoms with Crippen molar-refractivity contribution in [2.75, 3.05) is 32.7 Å². The summed E-state index contributed by atoms with van der Waals surface area (Å²) in [4.78, 5) is 2.69. The van der Waals surface area contributed by atoms with E-state index < -0.39 is 0 Å². The fourth-order valence-electron chi connectivity index (χ4n) is 3.34. The van der Waals surface area contributed by atoms with Crippen LogP contribution in [0.4, 0.5) is 0 Å². The largest absolute Gasteiger partial charge is 0.316 e. The summed E-state index contributed by atoms with van der Waals surface area (Å²) in [7, 11) is 0. The molecule has 0 aromatic rings. The van der Waals surface area contributed by atoms with Gasteiger partial charge in [0.15, 0.2) is 0 Å². The van der Waals surface area contributed by atoms with Crippen LogP contribution in [0.5, 0.6) is 0 Å². The fraction of sp³-hybridized carbons (Fsp3) is 1.00. The van der Waals surface area contributed by atoms with Gasteiger partial charge in [-0.25, -0.2) is 0 Å². The molecule has 0 amide bonds. The molecule has 1 unspecified atom stereocenters. The van der Waals surface area contributed by atoms with Crippen LogP contribution in [0.2, 0.25) is 0 Å². The number of likely N-dealkylation sites (tertiary alicyclic amines) is 1. The molecule has 2 saturated heterocycles. The quantitative estimate of drug-likeness (QED) is 0.792. The first kappa shape index (κ1) is 12.4. The Balaban J connectivity index is 1.84. The van der Waals surface area contributed by atoms with E-state index in [2.05, 4.69) is 24.1 Å². The Morgan fingerprint density at radius 3 is 2.50 bits per heavy atom. The molecule has 0 bridgehead atoms. The third-order valence-electron chi connectivity index (χ3n) is 4.48. The van der Waals surface area contributed by atoms with Gasteiger partial charge in [0.05, 0.1) is 0 Å². The first-order chi connectivity index (χ1) is 7.68. The maximum Gasteiger partial charge on any atom is 0.00358 e. The lowest BCUT2D eigenvalue weighted by Gasteiger charge is -2.41. The Kier molecular flexibility index (Phi) is 4.26. The monoisotopic (exact) mass is 224 g/mol. The van der Waals surface area contributed by atoms with E-state index in [0.29, 0.717) is 5.41 Å². The van der Waals surface area contributed by atoms with Crippen LogP contribution in [0.3, 0.4) is 0 Å². The zero-order valence-electron chi connectivity index (χ0n) is 11.1. The van der Waals surface area contributed by atoms with Crippen LogP contribution < -0.4 is 5.32 Å². The third kappa shape index (κ3) is 3.21. The molecule has 0 spiro atoms. The van der Waals surface area contributed by atoms with Gasteiger partial charge in [-0.2, -0.15) is 0 Å². The number of hydrogen-bond acceptors (Lipinski definition) is 2. The highest BCUT2D eigenvalue weighted by Crippen LogP contribution is 2.33. The van der Waals surface area contributed by atoms with Crippen LogP contribution in [0.15, 0.2) is 0 Å². The molecule has 1 N–H and O–H groups in total. The predicted molar refractivity (Wildman–Crippen MR) is 69.7 cm³/mol. The summed E-state index contributed by atoms with van der Waals surface area (Å²) in [6, 6.07) is 0. The van der Waals surface area contributed by atoms with E-state index in [1.54, 1.807) is 0 Å². The molecule has 0 aromatic carbocycles. The average Bonchev–Trinajstić information content (AvgIpc) is 2.31. The highest BCUT2D eigenvalue weighted by atomic mass is 15.1. The van der Waals surface area contributed by atoms with E-state index in [-0.39, 0.29) is 0 Å². The molecular weight excluding hydrogens is 196 g/mol. The lowest BCUT2D eigenvalue weighted by molar-refractivity contribution is 0.0888. The van der Waals surface area contributed by atoms with Crippen molar-refractivity contribution < 1.29 is 0 Å². The van der Waals surface area contributed by atoms with E-state index in [4.69, 9.17) is 0 Å². The van der Waals surface area contributed by atoms with E-state index in [0.717, 1.165) is 5.92 Å². The topological polar surface area (TPSA) is 15.3 Å². The minimum Gasteiger partial charge on any atom is -0.316 e. The summed E-state index contributed by atoms with van der Waals surface area (Å²) < 4.78 is 0. The minimum absolute atomic E-state index is 0.491. The summed E-state index contributed by atoms with van der Waals surface area (Å²) in [5.74, 6) is 0.878. The smallest absolute Gasteiger partial charge is 0.00358 e. The molecule has 2 fully saturated rings. The van der Waals surface area contributed by atoms with Gasteiger partial charge in [-0.3, -0.25) is 0 Å². The average molecular weight is 224 g/mol. The Labute approximate surface area is 101 Å². The highest BCUT2D eigenvalue weighted by molar-refractivity contribution is 4.86. The molecule has 2 aliphatic heterocycles. The normalized spacial score (nSPS) is 29.2. The lowest BCUT2D eigenvalue weighted by atomic mass is 9.74. The van der Waals surface area contributed by atoms with Gasteiger partial charge in [-0.15, -0.1) is 0 Å². The van der Waals surface area contributed by atoms with Crippen molar-refractivity contribution in [2.24, 2.45) is 11.3 Å². The van der Waals surface area contributed by atoms with Crippen molar-refractivity contribution in [1.29, 1.82) is 0 Å². The van der Waals surface area contributed by atoms with Crippen LogP contribution >= 0.6 is 0 Å². The van der Waals surface area contributed by atoms with Crippen LogP contribution in [0.1, 0.15) is 46.0 Å². The van der Waals surface area contributed by atoms with Gasteiger partial charge in [-0.05, 0) is 63.2 Å². The molecule has 1 atom stereocenters. The zero-order chi connectivity index (χ0) is 11.4. The van der Waals surface area contributed by atoms with Crippen molar-refractivity contribution in [3.63, 3.8) is 0 Å². The lowest BCUT2D eigenvalue weighted by Crippen LogP contribution is -2.46. The van der Waals surface area contributed by atoms with Crippen molar-refractivity contribution in [3.05, 3.63) is 0 Å². The number of rotatable bonds is 3. The Morgan fingerprint density at radius 1 is 1.12 bits per heavy atom. The fourth-order valence-corrected chi connectivity index (χ4v) is 3.34. The predicted octanol–water partition coefficient (Wildman–Crippen LogP) is 2.50. The van der Waals surface area contributed by atoms with Crippen LogP contribution in [-0.4, -0.2) is 37.6 Å². The molecule has 2 nitrogen and oxygen atoms in total. The van der Waals surface area contributed by atoms with Gasteiger partial charge < -0.3 is 10.2 Å². The first-order valence-electron chi connectivity index (χ1n) is 7.11. The summed E-state index contributed by atoms with van der Waals surface area (Å²) in [6.45, 7) is 11.4. The number of piperidine rings is 2. The van der Waals surface area contributed by atoms with Crippen molar-refractivity contribution in [1.82, 2.24) is 10.2 Å². The summed E-state index contributed by atoms with van der Waals surface area (Å²) in [6.07, 6.45) is 7.07. The summed E-state index contributed by atoms with van der Waals surface area (Å²) >= 11 is 0. The molecule has 0 radical (unpaired) electrons. The van der Waals surface area contributed by atoms with Gasteiger partial charge >= 0.3 is 0 Å². The Morgan fingerprint density at radius 2 is 1.88 bits per heavy atom. The van der Waals surface area contributed by atoms with Gasteiger partial charge in [0.25, 0.3) is 0 Å². The third-order valence-corrected chi connectivity index (χ3v) is 4.48. The second-order valence-electron chi connectivity index (χ2n) is 6.37. The number of hydrogen-bond donors (Lipinski definition) is 1. The van der Waals surface area contributed by atoms with E-state index in [9.17, 15) is 0 Å². The van der Waals surface area contributed by atoms with Gasteiger partial charge in [0.1, 0.15) is 0 Å². The molecular formula is C14H28N2. The van der Waals surface area contributed by atoms with Crippen LogP contribution in [0.25, 0.3) is 0 Å². The molecule has 0 saturated carbocycles. The molecule has 94 valence electrons. The summed E-state index contributed by atoms with van der Waals surface area (Å²) in [5, 5.41) is 3.56.